The van der Waals surface area contributed by atoms with Crippen LogP contribution in [0.3, 0.4) is 0 Å². The van der Waals surface area contributed by atoms with Gasteiger partial charge in [-0.15, -0.1) is 10.4 Å². The normalized spacial score (nSPS) is 26.0. The predicted octanol–water partition coefficient (Wildman–Crippen LogP) is 3.64. The van der Waals surface area contributed by atoms with Gasteiger partial charge in [-0.25, -0.2) is 0 Å². The largest absolute Gasteiger partial charge is 0.508 e. The van der Waals surface area contributed by atoms with E-state index in [9.17, 15) is 33.4 Å². The first-order chi connectivity index (χ1) is 23.3. The van der Waals surface area contributed by atoms with Crippen molar-refractivity contribution in [2.24, 2.45) is 5.18 Å². The van der Waals surface area contributed by atoms with Gasteiger partial charge in [0.05, 0.1) is 18.8 Å². The minimum Gasteiger partial charge on any atom is -0.508 e. The smallest absolute Gasteiger partial charge is 0.411 e. The first-order valence-electron chi connectivity index (χ1n) is 16.1. The highest BCUT2D eigenvalue weighted by atomic mass is 19.4. The van der Waals surface area contributed by atoms with Crippen LogP contribution in [0.25, 0.3) is 0 Å². The summed E-state index contributed by atoms with van der Waals surface area (Å²) >= 11 is 0. The number of nitroso groups, excluding NO2 is 1. The zero-order valence-corrected chi connectivity index (χ0v) is 27.2. The summed E-state index contributed by atoms with van der Waals surface area (Å²) in [6, 6.07) is 11.3. The van der Waals surface area contributed by atoms with E-state index in [1.807, 2.05) is 13.0 Å². The topological polar surface area (TPSA) is 142 Å². The number of rotatable bonds is 10. The summed E-state index contributed by atoms with van der Waals surface area (Å²) in [5.41, 5.74) is 0.817. The molecule has 5 rings (SSSR count). The highest BCUT2D eigenvalue weighted by Gasteiger charge is 2.43. The number of alkyl halides is 3. The summed E-state index contributed by atoms with van der Waals surface area (Å²) in [7, 11) is 15.6. The summed E-state index contributed by atoms with van der Waals surface area (Å²) in [5.74, 6) is 1.09. The highest BCUT2D eigenvalue weighted by Crippen LogP contribution is 2.31. The molecule has 0 spiro atoms. The van der Waals surface area contributed by atoms with Gasteiger partial charge in [0.15, 0.2) is 5.82 Å². The lowest BCUT2D eigenvalue weighted by Crippen LogP contribution is -2.47. The van der Waals surface area contributed by atoms with E-state index in [4.69, 9.17) is 37.7 Å². The van der Waals surface area contributed by atoms with Crippen LogP contribution >= 0.6 is 0 Å². The van der Waals surface area contributed by atoms with Gasteiger partial charge < -0.3 is 40.2 Å². The van der Waals surface area contributed by atoms with Crippen LogP contribution < -0.4 is 15.4 Å². The average Bonchev–Trinajstić information content (AvgIpc) is 3.07. The maximum atomic E-state index is 12.4. The second-order valence-corrected chi connectivity index (χ2v) is 12.3. The van der Waals surface area contributed by atoms with Gasteiger partial charge in [-0.05, 0) is 98.6 Å². The Kier molecular flexibility index (Phi) is 13.8. The molecule has 4 atom stereocenters. The molecular formula is C33H39B3F3N3O7. The van der Waals surface area contributed by atoms with Crippen molar-refractivity contribution in [2.75, 3.05) is 19.8 Å². The van der Waals surface area contributed by atoms with Crippen LogP contribution in [0, 0.1) is 11.8 Å². The molecular weight excluding hydrogens is 640 g/mol. The fourth-order valence-electron chi connectivity index (χ4n) is 5.78. The van der Waals surface area contributed by atoms with Crippen molar-refractivity contribution in [2.45, 2.75) is 88.1 Å². The standard InChI is InChI=1S/C27H37NO6.C6H2B3F3N2O/c1-18-16-19(2-11-25(18)34-23-9-5-21(29)6-10-23)12-14-28-20-3-7-22(8-4-20)33-17-26-27(31)24(30)13-15-32-26;7-1-2(8)4(6(10,11)12)13-5(14-15)3(1)9/h2,5-6,9-11,16,20,22,24,26-31H,3-4,7-8,12-15,17H2,1H3;4,13H. The third-order valence-electron chi connectivity index (χ3n) is 8.71. The molecule has 0 aromatic heterocycles. The molecule has 5 N–H and O–H groups in total. The number of halogens is 3. The molecule has 2 heterocycles. The van der Waals surface area contributed by atoms with Gasteiger partial charge in [0.2, 0.25) is 0 Å². The highest BCUT2D eigenvalue weighted by molar-refractivity contribution is 6.41. The van der Waals surface area contributed by atoms with E-state index in [-0.39, 0.29) is 17.3 Å². The van der Waals surface area contributed by atoms with Crippen molar-refractivity contribution in [1.82, 2.24) is 10.6 Å². The molecule has 2 aromatic rings. The van der Waals surface area contributed by atoms with Crippen LogP contribution in [0.15, 0.2) is 69.9 Å². The molecule has 6 radical (unpaired) electrons. The monoisotopic (exact) mass is 679 g/mol. The molecule has 10 nitrogen and oxygen atoms in total. The van der Waals surface area contributed by atoms with Gasteiger partial charge in [-0.2, -0.15) is 13.2 Å². The number of hydrogen-bond donors (Lipinski definition) is 5. The predicted molar refractivity (Wildman–Crippen MR) is 180 cm³/mol. The molecule has 258 valence electrons. The number of aromatic hydroxyl groups is 1. The Labute approximate surface area is 287 Å². The quantitative estimate of drug-likeness (QED) is 0.188. The number of nitrogens with one attached hydrogen (secondary N) is 2. The van der Waals surface area contributed by atoms with E-state index in [1.165, 1.54) is 5.56 Å². The molecule has 1 saturated heterocycles. The summed E-state index contributed by atoms with van der Waals surface area (Å²) in [4.78, 5) is 10.2. The first kappa shape index (κ1) is 38.5. The molecule has 3 aliphatic rings. The van der Waals surface area contributed by atoms with Gasteiger partial charge in [0.1, 0.15) is 59.0 Å². The molecule has 49 heavy (non-hydrogen) atoms. The van der Waals surface area contributed by atoms with Crippen LogP contribution in [0.1, 0.15) is 43.2 Å². The third kappa shape index (κ3) is 10.8. The van der Waals surface area contributed by atoms with Gasteiger partial charge in [0, 0.05) is 12.6 Å². The number of hydrogen-bond acceptors (Lipinski definition) is 10. The lowest BCUT2D eigenvalue weighted by Gasteiger charge is -2.34. The van der Waals surface area contributed by atoms with Gasteiger partial charge in [-0.1, -0.05) is 23.1 Å². The van der Waals surface area contributed by atoms with Crippen molar-refractivity contribution in [3.05, 3.63) is 80.7 Å². The minimum absolute atomic E-state index is 0.191. The number of phenolic OH excluding ortho intramolecular Hbond substituents is 1. The van der Waals surface area contributed by atoms with E-state index in [0.29, 0.717) is 31.4 Å². The number of aryl methyl sites for hydroxylation is 1. The van der Waals surface area contributed by atoms with Gasteiger partial charge >= 0.3 is 6.18 Å². The van der Waals surface area contributed by atoms with Gasteiger partial charge in [-0.3, -0.25) is 0 Å². The number of phenols is 1. The SMILES string of the molecule is Cc1cc(CCNC2CCC(OCC3OCCC(O)C3O)CC2)ccc1Oc1ccc(O)cc1.[B]C1=C(N=O)NC(C(F)(F)F)C([B])=C1[B]. The van der Waals surface area contributed by atoms with Crippen molar-refractivity contribution in [3.63, 3.8) is 0 Å². The molecule has 2 aromatic carbocycles. The number of dihydropyridines is 1. The molecule has 2 aliphatic heterocycles. The van der Waals surface area contributed by atoms with E-state index < -0.39 is 47.3 Å². The zero-order valence-electron chi connectivity index (χ0n) is 27.2. The van der Waals surface area contributed by atoms with Crippen LogP contribution in [0.4, 0.5) is 13.2 Å². The maximum Gasteiger partial charge on any atom is 0.411 e. The molecule has 2 fully saturated rings. The number of aliphatic hydroxyl groups excluding tert-OH is 2. The number of aliphatic hydroxyl groups is 2. The Hall–Kier alpha value is -3.30. The Bertz CT molecular complexity index is 1470. The summed E-state index contributed by atoms with van der Waals surface area (Å²) in [5, 5.41) is 36.9. The number of allylic oxidation sites excluding steroid dienone is 2. The van der Waals surface area contributed by atoms with Crippen molar-refractivity contribution < 1.29 is 42.7 Å². The van der Waals surface area contributed by atoms with Crippen LogP contribution in [0.2, 0.25) is 0 Å². The second-order valence-electron chi connectivity index (χ2n) is 12.3. The van der Waals surface area contributed by atoms with Crippen molar-refractivity contribution in [1.29, 1.82) is 0 Å². The lowest BCUT2D eigenvalue weighted by molar-refractivity contribution is -0.163. The van der Waals surface area contributed by atoms with Crippen LogP contribution in [-0.2, 0) is 15.9 Å². The molecule has 4 unspecified atom stereocenters. The molecule has 0 bridgehead atoms. The zero-order chi connectivity index (χ0) is 35.7. The fraction of sp³-hybridized carbons (Fsp3) is 0.515. The molecule has 1 aliphatic carbocycles. The van der Waals surface area contributed by atoms with Crippen LogP contribution in [-0.4, -0.2) is 101 Å². The molecule has 1 saturated carbocycles. The fourth-order valence-corrected chi connectivity index (χ4v) is 5.78. The summed E-state index contributed by atoms with van der Waals surface area (Å²) in [6.07, 6.45) is -0.931. The molecule has 0 amide bonds. The average molecular weight is 679 g/mol. The van der Waals surface area contributed by atoms with E-state index in [1.54, 1.807) is 29.6 Å². The first-order valence-corrected chi connectivity index (χ1v) is 16.1. The number of ether oxygens (including phenoxy) is 3. The van der Waals surface area contributed by atoms with E-state index in [0.717, 1.165) is 50.0 Å². The van der Waals surface area contributed by atoms with E-state index in [2.05, 4.69) is 22.6 Å². The number of benzene rings is 2. The van der Waals surface area contributed by atoms with E-state index >= 15 is 0 Å². The summed E-state index contributed by atoms with van der Waals surface area (Å²) < 4.78 is 54.6. The maximum absolute atomic E-state index is 12.4. The Morgan fingerprint density at radius 3 is 2.35 bits per heavy atom. The Morgan fingerprint density at radius 2 is 1.71 bits per heavy atom. The third-order valence-corrected chi connectivity index (χ3v) is 8.71. The Balaban J connectivity index is 0.000000302. The molecule has 16 heteroatoms. The van der Waals surface area contributed by atoms with Gasteiger partial charge in [0.25, 0.3) is 0 Å². The van der Waals surface area contributed by atoms with Crippen molar-refractivity contribution >= 4 is 23.5 Å². The second kappa shape index (κ2) is 17.6. The lowest BCUT2D eigenvalue weighted by atomic mass is 9.66. The minimum atomic E-state index is -4.68. The Morgan fingerprint density at radius 1 is 1.02 bits per heavy atom. The van der Waals surface area contributed by atoms with Crippen LogP contribution in [0.5, 0.6) is 17.2 Å². The summed E-state index contributed by atoms with van der Waals surface area (Å²) in [6.45, 7) is 3.78. The number of nitrogens with zero attached hydrogens (tertiary/aromatic N) is 1. The van der Waals surface area contributed by atoms with Crippen molar-refractivity contribution in [3.8, 4) is 17.2 Å².